The minimum Gasteiger partial charge on any atom is -0.362 e. The summed E-state index contributed by atoms with van der Waals surface area (Å²) in [6.45, 7) is 11.3. The van der Waals surface area contributed by atoms with Gasteiger partial charge in [0.25, 0.3) is 0 Å². The summed E-state index contributed by atoms with van der Waals surface area (Å²) in [5.41, 5.74) is 10.0. The van der Waals surface area contributed by atoms with E-state index in [0.717, 1.165) is 17.8 Å². The Bertz CT molecular complexity index is 744. The Kier molecular flexibility index (Phi) is 5.55. The van der Waals surface area contributed by atoms with Crippen LogP contribution in [0.5, 0.6) is 0 Å². The predicted molar refractivity (Wildman–Crippen MR) is 102 cm³/mol. The van der Waals surface area contributed by atoms with Crippen molar-refractivity contribution in [1.82, 2.24) is 15.3 Å². The van der Waals surface area contributed by atoms with E-state index in [2.05, 4.69) is 72.4 Å². The summed E-state index contributed by atoms with van der Waals surface area (Å²) in [6, 6.07) is 8.66. The van der Waals surface area contributed by atoms with Crippen molar-refractivity contribution < 1.29 is 0 Å². The second-order valence-corrected chi connectivity index (χ2v) is 6.07. The number of thiocarbonyl (C=S) groups is 1. The van der Waals surface area contributed by atoms with Crippen molar-refractivity contribution in [3.05, 3.63) is 52.3 Å². The van der Waals surface area contributed by atoms with E-state index >= 15 is 0 Å². The first-order valence-electron chi connectivity index (χ1n) is 7.77. The van der Waals surface area contributed by atoms with Gasteiger partial charge in [-0.1, -0.05) is 6.07 Å². The zero-order chi connectivity index (χ0) is 17.0. The van der Waals surface area contributed by atoms with Crippen LogP contribution in [0.4, 0.5) is 0 Å². The molecular formula is C18H24N4S. The zero-order valence-corrected chi connectivity index (χ0v) is 15.2. The number of aryl methyl sites for hydroxylation is 3. The van der Waals surface area contributed by atoms with Gasteiger partial charge in [0, 0.05) is 29.2 Å². The summed E-state index contributed by atoms with van der Waals surface area (Å²) in [5.74, 6) is 0. The van der Waals surface area contributed by atoms with Crippen LogP contribution in [0.25, 0.3) is 5.69 Å². The minimum absolute atomic E-state index is 0.534. The smallest absolute Gasteiger partial charge is 0.186 e. The third-order valence-corrected chi connectivity index (χ3v) is 4.16. The van der Waals surface area contributed by atoms with Gasteiger partial charge < -0.3 is 9.88 Å². The normalized spacial score (nSPS) is 11.0. The maximum Gasteiger partial charge on any atom is 0.186 e. The Morgan fingerprint density at radius 3 is 2.57 bits per heavy atom. The molecule has 1 aromatic carbocycles. The maximum atomic E-state index is 5.09. The van der Waals surface area contributed by atoms with Crippen molar-refractivity contribution >= 4 is 23.5 Å². The van der Waals surface area contributed by atoms with Gasteiger partial charge in [-0.15, -0.1) is 0 Å². The molecule has 23 heavy (non-hydrogen) atoms. The van der Waals surface area contributed by atoms with E-state index in [0.29, 0.717) is 5.11 Å². The molecule has 122 valence electrons. The molecule has 0 aliphatic rings. The molecule has 2 aromatic rings. The molecule has 0 atom stereocenters. The topological polar surface area (TPSA) is 41.4 Å². The lowest BCUT2D eigenvalue weighted by Gasteiger charge is -2.11. The van der Waals surface area contributed by atoms with E-state index < -0.39 is 0 Å². The van der Waals surface area contributed by atoms with Crippen molar-refractivity contribution in [2.24, 2.45) is 5.10 Å². The second kappa shape index (κ2) is 7.42. The number of nitrogens with zero attached hydrogens (tertiary/aromatic N) is 2. The highest BCUT2D eigenvalue weighted by Crippen LogP contribution is 2.21. The van der Waals surface area contributed by atoms with Crippen LogP contribution < -0.4 is 10.7 Å². The molecule has 0 aliphatic heterocycles. The molecule has 0 unspecified atom stereocenters. The van der Waals surface area contributed by atoms with Crippen LogP contribution in [0, 0.1) is 27.7 Å². The highest BCUT2D eigenvalue weighted by Gasteiger charge is 2.10. The number of benzene rings is 1. The largest absolute Gasteiger partial charge is 0.362 e. The fourth-order valence-electron chi connectivity index (χ4n) is 2.54. The quantitative estimate of drug-likeness (QED) is 0.512. The second-order valence-electron chi connectivity index (χ2n) is 5.66. The lowest BCUT2D eigenvalue weighted by atomic mass is 10.1. The lowest BCUT2D eigenvalue weighted by Crippen LogP contribution is -2.31. The molecule has 0 saturated heterocycles. The number of nitrogens with one attached hydrogen (secondary N) is 2. The van der Waals surface area contributed by atoms with Gasteiger partial charge in [0.05, 0.1) is 6.21 Å². The fraction of sp³-hybridized carbons (Fsp3) is 0.333. The van der Waals surface area contributed by atoms with Gasteiger partial charge in [-0.05, 0) is 76.2 Å². The average molecular weight is 328 g/mol. The molecule has 0 bridgehead atoms. The lowest BCUT2D eigenvalue weighted by molar-refractivity contribution is 0.903. The SMILES string of the molecule is CCNC(=S)NN=Cc1cc(C)n(-c2ccc(C)c(C)c2)c1C. The molecule has 4 nitrogen and oxygen atoms in total. The van der Waals surface area contributed by atoms with Gasteiger partial charge >= 0.3 is 0 Å². The Labute approximate surface area is 143 Å². The van der Waals surface area contributed by atoms with E-state index in [1.165, 1.54) is 22.5 Å². The van der Waals surface area contributed by atoms with E-state index in [4.69, 9.17) is 12.2 Å². The van der Waals surface area contributed by atoms with Crippen LogP contribution in [0.1, 0.15) is 35.0 Å². The summed E-state index contributed by atoms with van der Waals surface area (Å²) in [7, 11) is 0. The van der Waals surface area contributed by atoms with Gasteiger partial charge in [-0.3, -0.25) is 5.43 Å². The van der Waals surface area contributed by atoms with Gasteiger partial charge in [0.1, 0.15) is 0 Å². The monoisotopic (exact) mass is 328 g/mol. The van der Waals surface area contributed by atoms with Crippen molar-refractivity contribution in [3.8, 4) is 5.69 Å². The zero-order valence-electron chi connectivity index (χ0n) is 14.4. The molecule has 2 rings (SSSR count). The summed E-state index contributed by atoms with van der Waals surface area (Å²) >= 11 is 5.09. The van der Waals surface area contributed by atoms with Gasteiger partial charge in [-0.2, -0.15) is 5.10 Å². The van der Waals surface area contributed by atoms with Gasteiger partial charge in [0.2, 0.25) is 0 Å². The Balaban J connectivity index is 2.27. The van der Waals surface area contributed by atoms with Gasteiger partial charge in [-0.25, -0.2) is 0 Å². The maximum absolute atomic E-state index is 5.09. The standard InChI is InChI=1S/C18H24N4S/c1-6-19-18(23)21-20-11-16-10-14(4)22(15(16)5)17-8-7-12(2)13(3)9-17/h7-11H,6H2,1-5H3,(H2,19,21,23). The Morgan fingerprint density at radius 2 is 1.91 bits per heavy atom. The molecular weight excluding hydrogens is 304 g/mol. The highest BCUT2D eigenvalue weighted by atomic mass is 32.1. The van der Waals surface area contributed by atoms with E-state index in [-0.39, 0.29) is 0 Å². The van der Waals surface area contributed by atoms with Crippen LogP contribution in [0.2, 0.25) is 0 Å². The fourth-order valence-corrected chi connectivity index (χ4v) is 2.74. The third kappa shape index (κ3) is 3.99. The first kappa shape index (κ1) is 17.2. The predicted octanol–water partition coefficient (Wildman–Crippen LogP) is 3.53. The van der Waals surface area contributed by atoms with E-state index in [1.807, 2.05) is 13.1 Å². The molecule has 5 heteroatoms. The molecule has 0 fully saturated rings. The van der Waals surface area contributed by atoms with E-state index in [9.17, 15) is 0 Å². The molecule has 0 saturated carbocycles. The molecule has 1 aromatic heterocycles. The van der Waals surface area contributed by atoms with Crippen molar-refractivity contribution in [3.63, 3.8) is 0 Å². The first-order chi connectivity index (χ1) is 10.9. The number of hydrogen-bond donors (Lipinski definition) is 2. The number of rotatable bonds is 4. The van der Waals surface area contributed by atoms with E-state index in [1.54, 1.807) is 0 Å². The summed E-state index contributed by atoms with van der Waals surface area (Å²) in [5, 5.41) is 7.74. The highest BCUT2D eigenvalue weighted by molar-refractivity contribution is 7.80. The molecule has 2 N–H and O–H groups in total. The third-order valence-electron chi connectivity index (χ3n) is 3.93. The van der Waals surface area contributed by atoms with Crippen LogP contribution in [-0.2, 0) is 0 Å². The number of aromatic nitrogens is 1. The van der Waals surface area contributed by atoms with Crippen LogP contribution >= 0.6 is 12.2 Å². The average Bonchev–Trinajstić information content (AvgIpc) is 2.77. The minimum atomic E-state index is 0.534. The van der Waals surface area contributed by atoms with Crippen LogP contribution in [-0.4, -0.2) is 22.4 Å². The first-order valence-corrected chi connectivity index (χ1v) is 8.18. The number of hydrogen-bond acceptors (Lipinski definition) is 2. The summed E-state index contributed by atoms with van der Waals surface area (Å²) < 4.78 is 2.25. The van der Waals surface area contributed by atoms with Crippen molar-refractivity contribution in [2.75, 3.05) is 6.54 Å². The molecule has 0 radical (unpaired) electrons. The summed E-state index contributed by atoms with van der Waals surface area (Å²) in [6.07, 6.45) is 1.81. The molecule has 1 heterocycles. The van der Waals surface area contributed by atoms with Gasteiger partial charge in [0.15, 0.2) is 5.11 Å². The van der Waals surface area contributed by atoms with Crippen LogP contribution in [0.3, 0.4) is 0 Å². The Morgan fingerprint density at radius 1 is 1.17 bits per heavy atom. The van der Waals surface area contributed by atoms with Crippen LogP contribution in [0.15, 0.2) is 29.4 Å². The molecule has 0 spiro atoms. The van der Waals surface area contributed by atoms with Crippen molar-refractivity contribution in [1.29, 1.82) is 0 Å². The Hall–Kier alpha value is -2.14. The van der Waals surface area contributed by atoms with Crippen molar-refractivity contribution in [2.45, 2.75) is 34.6 Å². The summed E-state index contributed by atoms with van der Waals surface area (Å²) in [4.78, 5) is 0. The number of hydrazone groups is 1. The molecule has 0 amide bonds. The molecule has 0 aliphatic carbocycles.